The Labute approximate surface area is 85.0 Å². The van der Waals surface area contributed by atoms with Gasteiger partial charge in [0.05, 0.1) is 6.04 Å². The van der Waals surface area contributed by atoms with Crippen molar-refractivity contribution in [2.24, 2.45) is 0 Å². The van der Waals surface area contributed by atoms with Gasteiger partial charge in [-0.15, -0.1) is 0 Å². The smallest absolute Gasteiger partial charge is 0.238 e. The molecule has 0 bridgehead atoms. The Morgan fingerprint density at radius 3 is 3.00 bits per heavy atom. The van der Waals surface area contributed by atoms with Gasteiger partial charge in [-0.05, 0) is 25.8 Å². The van der Waals surface area contributed by atoms with Crippen molar-refractivity contribution in [2.75, 3.05) is 13.1 Å². The van der Waals surface area contributed by atoms with E-state index >= 15 is 0 Å². The maximum atomic E-state index is 11.7. The third-order valence-electron chi connectivity index (χ3n) is 3.14. The first kappa shape index (κ1) is 9.93. The van der Waals surface area contributed by atoms with Crippen LogP contribution in [0.15, 0.2) is 0 Å². The first-order valence-electron chi connectivity index (χ1n) is 5.60. The summed E-state index contributed by atoms with van der Waals surface area (Å²) in [5.41, 5.74) is 3.30. The lowest BCUT2D eigenvalue weighted by Crippen LogP contribution is -2.51. The molecule has 0 aliphatic carbocycles. The average molecular weight is 197 g/mol. The number of nitrogens with one attached hydrogen (secondary N) is 2. The molecule has 0 aromatic rings. The van der Waals surface area contributed by atoms with Gasteiger partial charge in [0, 0.05) is 19.0 Å². The Morgan fingerprint density at radius 1 is 1.57 bits per heavy atom. The largest absolute Gasteiger partial charge is 0.315 e. The van der Waals surface area contributed by atoms with E-state index in [0.717, 1.165) is 25.9 Å². The molecule has 4 heteroatoms. The van der Waals surface area contributed by atoms with Crippen LogP contribution in [0.4, 0.5) is 0 Å². The summed E-state index contributed by atoms with van der Waals surface area (Å²) in [5, 5.41) is 5.19. The lowest BCUT2D eigenvalue weighted by molar-refractivity contribution is -0.132. The van der Waals surface area contributed by atoms with E-state index in [9.17, 15) is 4.79 Å². The molecule has 0 radical (unpaired) electrons. The van der Waals surface area contributed by atoms with E-state index in [-0.39, 0.29) is 5.91 Å². The molecular weight excluding hydrogens is 178 g/mol. The summed E-state index contributed by atoms with van der Waals surface area (Å²) in [4.78, 5) is 11.7. The molecule has 0 aromatic heterocycles. The summed E-state index contributed by atoms with van der Waals surface area (Å²) < 4.78 is 0. The highest BCUT2D eigenvalue weighted by atomic mass is 16.2. The molecule has 2 fully saturated rings. The van der Waals surface area contributed by atoms with Gasteiger partial charge in [0.25, 0.3) is 0 Å². The van der Waals surface area contributed by atoms with Gasteiger partial charge >= 0.3 is 0 Å². The molecule has 2 heterocycles. The fourth-order valence-electron chi connectivity index (χ4n) is 2.22. The van der Waals surface area contributed by atoms with Gasteiger partial charge in [0.15, 0.2) is 0 Å². The second-order valence-corrected chi connectivity index (χ2v) is 4.20. The van der Waals surface area contributed by atoms with Crippen molar-refractivity contribution in [1.29, 1.82) is 0 Å². The molecule has 2 aliphatic heterocycles. The second kappa shape index (κ2) is 4.28. The maximum Gasteiger partial charge on any atom is 0.238 e. The van der Waals surface area contributed by atoms with Crippen LogP contribution < -0.4 is 10.7 Å². The molecule has 0 aromatic carbocycles. The zero-order valence-electron chi connectivity index (χ0n) is 8.75. The van der Waals surface area contributed by atoms with E-state index in [2.05, 4.69) is 17.7 Å². The molecule has 2 atom stereocenters. The number of hydrogen-bond donors (Lipinski definition) is 2. The molecule has 2 N–H and O–H groups in total. The maximum absolute atomic E-state index is 11.7. The summed E-state index contributed by atoms with van der Waals surface area (Å²) >= 11 is 0. The number of nitrogens with zero attached hydrogens (tertiary/aromatic N) is 1. The van der Waals surface area contributed by atoms with Crippen molar-refractivity contribution in [2.45, 2.75) is 44.7 Å². The van der Waals surface area contributed by atoms with Crippen LogP contribution in [0, 0.1) is 0 Å². The molecule has 14 heavy (non-hydrogen) atoms. The summed E-state index contributed by atoms with van der Waals surface area (Å²) in [6.45, 7) is 4.15. The predicted octanol–water partition coefficient (Wildman–Crippen LogP) is 0.254. The summed E-state index contributed by atoms with van der Waals surface area (Å²) in [6.07, 6.45) is 4.00. The normalized spacial score (nSPS) is 33.8. The van der Waals surface area contributed by atoms with E-state index in [4.69, 9.17) is 0 Å². The van der Waals surface area contributed by atoms with Gasteiger partial charge < -0.3 is 5.32 Å². The van der Waals surface area contributed by atoms with Crippen molar-refractivity contribution in [3.63, 3.8) is 0 Å². The lowest BCUT2D eigenvalue weighted by atomic mass is 10.1. The standard InChI is InChI=1S/C10H19N3O/c1-2-8-6-10(14)13(12-8)9-4-3-5-11-7-9/h8-9,11-12H,2-7H2,1H3. The first-order chi connectivity index (χ1) is 6.81. The molecule has 2 rings (SSSR count). The fraction of sp³-hybridized carbons (Fsp3) is 0.900. The van der Waals surface area contributed by atoms with Crippen LogP contribution in [0.3, 0.4) is 0 Å². The van der Waals surface area contributed by atoms with Crippen molar-refractivity contribution in [3.05, 3.63) is 0 Å². The molecule has 80 valence electrons. The van der Waals surface area contributed by atoms with Crippen LogP contribution in [0.25, 0.3) is 0 Å². The number of carbonyl (C=O) groups excluding carboxylic acids is 1. The topological polar surface area (TPSA) is 44.4 Å². The number of hydrazine groups is 1. The van der Waals surface area contributed by atoms with Crippen molar-refractivity contribution in [1.82, 2.24) is 15.8 Å². The second-order valence-electron chi connectivity index (χ2n) is 4.20. The van der Waals surface area contributed by atoms with Gasteiger partial charge in [-0.2, -0.15) is 0 Å². The Morgan fingerprint density at radius 2 is 2.43 bits per heavy atom. The number of carbonyl (C=O) groups is 1. The van der Waals surface area contributed by atoms with E-state index in [1.54, 1.807) is 0 Å². The van der Waals surface area contributed by atoms with Crippen LogP contribution in [-0.2, 0) is 4.79 Å². The first-order valence-corrected chi connectivity index (χ1v) is 5.60. The van der Waals surface area contributed by atoms with Gasteiger partial charge in [-0.25, -0.2) is 5.43 Å². The predicted molar refractivity (Wildman–Crippen MR) is 54.6 cm³/mol. The molecule has 2 saturated heterocycles. The number of rotatable bonds is 2. The highest BCUT2D eigenvalue weighted by Gasteiger charge is 2.33. The number of piperidine rings is 1. The summed E-state index contributed by atoms with van der Waals surface area (Å²) in [6, 6.07) is 0.734. The number of amides is 1. The monoisotopic (exact) mass is 197 g/mol. The van der Waals surface area contributed by atoms with Crippen molar-refractivity contribution in [3.8, 4) is 0 Å². The van der Waals surface area contributed by atoms with Gasteiger partial charge in [-0.1, -0.05) is 6.92 Å². The van der Waals surface area contributed by atoms with Crippen LogP contribution in [0.5, 0.6) is 0 Å². The Balaban J connectivity index is 1.93. The van der Waals surface area contributed by atoms with Crippen LogP contribution in [-0.4, -0.2) is 36.1 Å². The third-order valence-corrected chi connectivity index (χ3v) is 3.14. The molecule has 1 amide bonds. The fourth-order valence-corrected chi connectivity index (χ4v) is 2.22. The summed E-state index contributed by atoms with van der Waals surface area (Å²) in [5.74, 6) is 0.269. The number of hydrogen-bond acceptors (Lipinski definition) is 3. The minimum absolute atomic E-state index is 0.269. The molecule has 2 unspecified atom stereocenters. The molecule has 0 saturated carbocycles. The lowest BCUT2D eigenvalue weighted by Gasteiger charge is -2.31. The van der Waals surface area contributed by atoms with Gasteiger partial charge in [0.1, 0.15) is 0 Å². The van der Waals surface area contributed by atoms with E-state index in [1.807, 2.05) is 5.01 Å². The molecule has 0 spiro atoms. The summed E-state index contributed by atoms with van der Waals surface area (Å²) in [7, 11) is 0. The minimum atomic E-state index is 0.269. The van der Waals surface area contributed by atoms with Crippen LogP contribution in [0.1, 0.15) is 32.6 Å². The Kier molecular flexibility index (Phi) is 3.03. The van der Waals surface area contributed by atoms with Crippen LogP contribution >= 0.6 is 0 Å². The SMILES string of the molecule is CCC1CC(=O)N(C2CCCNC2)N1. The van der Waals surface area contributed by atoms with Crippen LogP contribution in [0.2, 0.25) is 0 Å². The Bertz CT molecular complexity index is 213. The van der Waals surface area contributed by atoms with Gasteiger partial charge in [0.2, 0.25) is 5.91 Å². The van der Waals surface area contributed by atoms with E-state index < -0.39 is 0 Å². The molecule has 4 nitrogen and oxygen atoms in total. The quantitative estimate of drug-likeness (QED) is 0.667. The minimum Gasteiger partial charge on any atom is -0.315 e. The Hall–Kier alpha value is -0.610. The zero-order valence-corrected chi connectivity index (χ0v) is 8.75. The van der Waals surface area contributed by atoms with Crippen molar-refractivity contribution >= 4 is 5.91 Å². The highest BCUT2D eigenvalue weighted by Crippen LogP contribution is 2.17. The van der Waals surface area contributed by atoms with Gasteiger partial charge in [-0.3, -0.25) is 9.80 Å². The average Bonchev–Trinajstić information content (AvgIpc) is 2.61. The molecule has 2 aliphatic rings. The van der Waals surface area contributed by atoms with E-state index in [0.29, 0.717) is 18.5 Å². The highest BCUT2D eigenvalue weighted by molar-refractivity contribution is 5.78. The third kappa shape index (κ3) is 1.91. The zero-order chi connectivity index (χ0) is 9.97. The van der Waals surface area contributed by atoms with Crippen molar-refractivity contribution < 1.29 is 4.79 Å². The van der Waals surface area contributed by atoms with E-state index in [1.165, 1.54) is 6.42 Å². The molecular formula is C10H19N3O.